The maximum absolute atomic E-state index is 10.9. The zero-order chi connectivity index (χ0) is 11.4. The number of halogens is 1. The van der Waals surface area contributed by atoms with Gasteiger partial charge in [-0.25, -0.2) is 4.79 Å². The van der Waals surface area contributed by atoms with Crippen LogP contribution in [0.2, 0.25) is 0 Å². The van der Waals surface area contributed by atoms with Crippen LogP contribution < -0.4 is 10.5 Å². The van der Waals surface area contributed by atoms with Crippen molar-refractivity contribution in [3.05, 3.63) is 22.2 Å². The maximum Gasteiger partial charge on any atom is 0.343 e. The maximum atomic E-state index is 10.9. The highest BCUT2D eigenvalue weighted by atomic mass is 79.9. The van der Waals surface area contributed by atoms with Crippen LogP contribution in [-0.4, -0.2) is 19.7 Å². The molecule has 0 spiro atoms. The minimum absolute atomic E-state index is 0.136. The molecule has 1 aromatic rings. The monoisotopic (exact) mass is 273 g/mol. The van der Waals surface area contributed by atoms with E-state index in [1.165, 1.54) is 7.11 Å². The molecule has 0 bridgehead atoms. The highest BCUT2D eigenvalue weighted by molar-refractivity contribution is 9.10. The lowest BCUT2D eigenvalue weighted by Gasteiger charge is -2.11. The number of carbonyl (C=O) groups is 1. The summed E-state index contributed by atoms with van der Waals surface area (Å²) in [6.07, 6.45) is 0. The van der Waals surface area contributed by atoms with Crippen molar-refractivity contribution in [3.8, 4) is 5.75 Å². The molecule has 2 N–H and O–H groups in total. The summed E-state index contributed by atoms with van der Waals surface area (Å²) in [4.78, 5) is 10.9. The molecular weight excluding hydrogens is 262 g/mol. The SMILES string of the molecule is COC(=O)COc1c(C)cc(Br)cc1N. The quantitative estimate of drug-likeness (QED) is 0.675. The summed E-state index contributed by atoms with van der Waals surface area (Å²) in [5, 5.41) is 0. The smallest absolute Gasteiger partial charge is 0.343 e. The topological polar surface area (TPSA) is 61.5 Å². The molecule has 0 saturated heterocycles. The number of esters is 1. The third kappa shape index (κ3) is 3.13. The minimum Gasteiger partial charge on any atom is -0.479 e. The van der Waals surface area contributed by atoms with Crippen molar-refractivity contribution in [2.75, 3.05) is 19.5 Å². The molecule has 0 aliphatic rings. The number of carbonyl (C=O) groups excluding carboxylic acids is 1. The van der Waals surface area contributed by atoms with E-state index in [-0.39, 0.29) is 6.61 Å². The number of nitrogen functional groups attached to an aromatic ring is 1. The summed E-state index contributed by atoms with van der Waals surface area (Å²) < 4.78 is 10.6. The number of rotatable bonds is 3. The number of ether oxygens (including phenoxy) is 2. The fourth-order valence-electron chi connectivity index (χ4n) is 1.14. The number of anilines is 1. The van der Waals surface area contributed by atoms with Crippen molar-refractivity contribution in [2.24, 2.45) is 0 Å². The molecule has 0 unspecified atom stereocenters. The van der Waals surface area contributed by atoms with Crippen LogP contribution in [0.25, 0.3) is 0 Å². The Morgan fingerprint density at radius 1 is 1.53 bits per heavy atom. The second kappa shape index (κ2) is 5.02. The van der Waals surface area contributed by atoms with E-state index >= 15 is 0 Å². The van der Waals surface area contributed by atoms with E-state index in [1.807, 2.05) is 13.0 Å². The van der Waals surface area contributed by atoms with Crippen LogP contribution in [0.5, 0.6) is 5.75 Å². The van der Waals surface area contributed by atoms with Crippen LogP contribution in [-0.2, 0) is 9.53 Å². The Balaban J connectivity index is 2.81. The van der Waals surface area contributed by atoms with Gasteiger partial charge in [0.2, 0.25) is 0 Å². The van der Waals surface area contributed by atoms with Crippen LogP contribution in [0.1, 0.15) is 5.56 Å². The lowest BCUT2D eigenvalue weighted by atomic mass is 10.2. The number of aryl methyl sites for hydroxylation is 1. The zero-order valence-electron chi connectivity index (χ0n) is 8.54. The second-order valence-electron chi connectivity index (χ2n) is 3.01. The van der Waals surface area contributed by atoms with Gasteiger partial charge in [0.1, 0.15) is 5.75 Å². The molecule has 0 amide bonds. The molecule has 5 heteroatoms. The van der Waals surface area contributed by atoms with Gasteiger partial charge in [-0.15, -0.1) is 0 Å². The van der Waals surface area contributed by atoms with Gasteiger partial charge in [-0.3, -0.25) is 0 Å². The summed E-state index contributed by atoms with van der Waals surface area (Å²) >= 11 is 3.31. The van der Waals surface area contributed by atoms with Gasteiger partial charge in [0, 0.05) is 4.47 Å². The number of benzene rings is 1. The number of hydrogen-bond acceptors (Lipinski definition) is 4. The minimum atomic E-state index is -0.434. The first kappa shape index (κ1) is 11.8. The molecule has 1 aromatic carbocycles. The standard InChI is InChI=1S/C10H12BrNO3/c1-6-3-7(11)4-8(12)10(6)15-5-9(13)14-2/h3-4H,5,12H2,1-2H3. The Kier molecular flexibility index (Phi) is 3.96. The fraction of sp³-hybridized carbons (Fsp3) is 0.300. The van der Waals surface area contributed by atoms with E-state index in [0.717, 1.165) is 10.0 Å². The van der Waals surface area contributed by atoms with Gasteiger partial charge in [0.05, 0.1) is 12.8 Å². The van der Waals surface area contributed by atoms with Crippen molar-refractivity contribution >= 4 is 27.6 Å². The molecule has 0 saturated carbocycles. The van der Waals surface area contributed by atoms with E-state index in [0.29, 0.717) is 11.4 Å². The first-order valence-electron chi connectivity index (χ1n) is 4.30. The zero-order valence-corrected chi connectivity index (χ0v) is 10.1. The van der Waals surface area contributed by atoms with Crippen molar-refractivity contribution in [1.29, 1.82) is 0 Å². The summed E-state index contributed by atoms with van der Waals surface area (Å²) in [5.41, 5.74) is 7.10. The highest BCUT2D eigenvalue weighted by Crippen LogP contribution is 2.29. The van der Waals surface area contributed by atoms with Crippen molar-refractivity contribution < 1.29 is 14.3 Å². The summed E-state index contributed by atoms with van der Waals surface area (Å²) in [5.74, 6) is 0.0836. The van der Waals surface area contributed by atoms with E-state index in [1.54, 1.807) is 6.07 Å². The predicted octanol–water partition coefficient (Wildman–Crippen LogP) is 1.89. The molecule has 0 fully saturated rings. The number of methoxy groups -OCH3 is 1. The first-order valence-corrected chi connectivity index (χ1v) is 5.09. The predicted molar refractivity (Wildman–Crippen MR) is 60.8 cm³/mol. The summed E-state index contributed by atoms with van der Waals surface area (Å²) in [6, 6.07) is 3.59. The largest absolute Gasteiger partial charge is 0.479 e. The molecule has 15 heavy (non-hydrogen) atoms. The van der Waals surface area contributed by atoms with Crippen LogP contribution in [0.3, 0.4) is 0 Å². The third-order valence-corrected chi connectivity index (χ3v) is 2.29. The van der Waals surface area contributed by atoms with Gasteiger partial charge in [0.25, 0.3) is 0 Å². The summed E-state index contributed by atoms with van der Waals surface area (Å²) in [6.45, 7) is 1.72. The fourth-order valence-corrected chi connectivity index (χ4v) is 1.73. The lowest BCUT2D eigenvalue weighted by Crippen LogP contribution is -2.13. The van der Waals surface area contributed by atoms with Gasteiger partial charge in [-0.2, -0.15) is 0 Å². The molecule has 4 nitrogen and oxygen atoms in total. The molecule has 82 valence electrons. The number of hydrogen-bond donors (Lipinski definition) is 1. The van der Waals surface area contributed by atoms with Crippen LogP contribution in [0.15, 0.2) is 16.6 Å². The van der Waals surface area contributed by atoms with E-state index in [4.69, 9.17) is 10.5 Å². The Morgan fingerprint density at radius 3 is 2.73 bits per heavy atom. The second-order valence-corrected chi connectivity index (χ2v) is 3.92. The van der Waals surface area contributed by atoms with E-state index in [2.05, 4.69) is 20.7 Å². The molecule has 0 radical (unpaired) electrons. The van der Waals surface area contributed by atoms with Gasteiger partial charge in [0.15, 0.2) is 6.61 Å². The molecule has 0 aliphatic carbocycles. The third-order valence-electron chi connectivity index (χ3n) is 1.83. The summed E-state index contributed by atoms with van der Waals surface area (Å²) in [7, 11) is 1.31. The van der Waals surface area contributed by atoms with Crippen molar-refractivity contribution in [3.63, 3.8) is 0 Å². The van der Waals surface area contributed by atoms with Gasteiger partial charge >= 0.3 is 5.97 Å². The molecule has 1 rings (SSSR count). The number of nitrogens with two attached hydrogens (primary N) is 1. The Hall–Kier alpha value is -1.23. The van der Waals surface area contributed by atoms with E-state index in [9.17, 15) is 4.79 Å². The van der Waals surface area contributed by atoms with Crippen LogP contribution in [0.4, 0.5) is 5.69 Å². The van der Waals surface area contributed by atoms with Crippen molar-refractivity contribution in [2.45, 2.75) is 6.92 Å². The van der Waals surface area contributed by atoms with Crippen LogP contribution >= 0.6 is 15.9 Å². The molecule has 0 aliphatic heterocycles. The molecule has 0 aromatic heterocycles. The van der Waals surface area contributed by atoms with Gasteiger partial charge < -0.3 is 15.2 Å². The first-order chi connectivity index (χ1) is 7.04. The Labute approximate surface area is 96.5 Å². The van der Waals surface area contributed by atoms with E-state index < -0.39 is 5.97 Å². The Morgan fingerprint density at radius 2 is 2.20 bits per heavy atom. The molecule has 0 heterocycles. The Bertz CT molecular complexity index is 356. The molecular formula is C10H12BrNO3. The average molecular weight is 274 g/mol. The lowest BCUT2D eigenvalue weighted by molar-refractivity contribution is -0.142. The normalized spacial score (nSPS) is 9.80. The van der Waals surface area contributed by atoms with Gasteiger partial charge in [-0.05, 0) is 24.6 Å². The highest BCUT2D eigenvalue weighted by Gasteiger charge is 2.08. The van der Waals surface area contributed by atoms with Gasteiger partial charge in [-0.1, -0.05) is 15.9 Å². The molecule has 0 atom stereocenters. The average Bonchev–Trinajstić information content (AvgIpc) is 2.15. The van der Waals surface area contributed by atoms with Crippen molar-refractivity contribution in [1.82, 2.24) is 0 Å². The van der Waals surface area contributed by atoms with Crippen LogP contribution in [0, 0.1) is 6.92 Å².